The molecule has 2 aromatic heterocycles. The fourth-order valence-corrected chi connectivity index (χ4v) is 3.66. The number of rotatable bonds is 3. The molecular weight excluding hydrogens is 308 g/mol. The lowest BCUT2D eigenvalue weighted by atomic mass is 10.1. The first kappa shape index (κ1) is 14.1. The quantitative estimate of drug-likeness (QED) is 0.804. The van der Waals surface area contributed by atoms with Crippen LogP contribution in [0.5, 0.6) is 0 Å². The maximum atomic E-state index is 11.5. The van der Waals surface area contributed by atoms with Crippen LogP contribution in [0.4, 0.5) is 5.82 Å². The molecule has 0 unspecified atom stereocenters. The monoisotopic (exact) mass is 324 g/mol. The molecular formula is C17H16N4OS. The van der Waals surface area contributed by atoms with E-state index in [1.165, 1.54) is 0 Å². The number of thiophene rings is 1. The predicted molar refractivity (Wildman–Crippen MR) is 92.4 cm³/mol. The summed E-state index contributed by atoms with van der Waals surface area (Å²) in [5.41, 5.74) is 6.38. The maximum absolute atomic E-state index is 11.5. The molecule has 0 bridgehead atoms. The van der Waals surface area contributed by atoms with Crippen molar-refractivity contribution in [3.05, 3.63) is 41.8 Å². The highest BCUT2D eigenvalue weighted by Gasteiger charge is 2.28. The Kier molecular flexibility index (Phi) is 3.46. The molecule has 1 aliphatic heterocycles. The van der Waals surface area contributed by atoms with Crippen LogP contribution in [0, 0.1) is 5.92 Å². The van der Waals surface area contributed by atoms with Crippen LogP contribution in [0.3, 0.4) is 0 Å². The topological polar surface area (TPSA) is 72.1 Å². The minimum Gasteiger partial charge on any atom is -0.369 e. The first-order chi connectivity index (χ1) is 11.2. The summed E-state index contributed by atoms with van der Waals surface area (Å²) in [5, 5.41) is 3.03. The Balaban J connectivity index is 1.83. The fourth-order valence-electron chi connectivity index (χ4n) is 3.00. The largest absolute Gasteiger partial charge is 0.369 e. The van der Waals surface area contributed by atoms with Crippen LogP contribution in [-0.2, 0) is 4.79 Å². The highest BCUT2D eigenvalue weighted by molar-refractivity contribution is 7.13. The van der Waals surface area contributed by atoms with E-state index in [2.05, 4.69) is 9.88 Å². The molecule has 1 aliphatic rings. The Hall–Kier alpha value is -2.47. The van der Waals surface area contributed by atoms with E-state index >= 15 is 0 Å². The standard InChI is InChI=1S/C17H16N4OS/c18-15(22)11-7-8-21(10-11)17-12-4-1-2-5-13(12)19-16(20-17)14-6-3-9-23-14/h1-6,9,11H,7-8,10H2,(H2,18,22)/t11-/m0/s1. The van der Waals surface area contributed by atoms with Crippen molar-refractivity contribution in [3.8, 4) is 10.7 Å². The van der Waals surface area contributed by atoms with E-state index in [9.17, 15) is 4.79 Å². The van der Waals surface area contributed by atoms with E-state index in [0.717, 1.165) is 40.4 Å². The van der Waals surface area contributed by atoms with E-state index in [4.69, 9.17) is 10.7 Å². The molecule has 1 fully saturated rings. The third-order valence-corrected chi connectivity index (χ3v) is 5.08. The molecule has 2 N–H and O–H groups in total. The van der Waals surface area contributed by atoms with E-state index in [0.29, 0.717) is 6.54 Å². The molecule has 1 saturated heterocycles. The number of para-hydroxylation sites is 1. The minimum absolute atomic E-state index is 0.103. The van der Waals surface area contributed by atoms with Gasteiger partial charge in [-0.05, 0) is 30.0 Å². The van der Waals surface area contributed by atoms with E-state index in [-0.39, 0.29) is 11.8 Å². The van der Waals surface area contributed by atoms with Gasteiger partial charge in [0.15, 0.2) is 5.82 Å². The minimum atomic E-state index is -0.232. The molecule has 1 amide bonds. The average Bonchev–Trinajstić information content (AvgIpc) is 3.25. The second-order valence-corrected chi connectivity index (χ2v) is 6.65. The zero-order valence-corrected chi connectivity index (χ0v) is 13.3. The highest BCUT2D eigenvalue weighted by atomic mass is 32.1. The lowest BCUT2D eigenvalue weighted by Crippen LogP contribution is -2.28. The summed E-state index contributed by atoms with van der Waals surface area (Å²) < 4.78 is 0. The molecule has 0 saturated carbocycles. The van der Waals surface area contributed by atoms with Gasteiger partial charge in [0.1, 0.15) is 5.82 Å². The number of fused-ring (bicyclic) bond motifs is 1. The van der Waals surface area contributed by atoms with Gasteiger partial charge >= 0.3 is 0 Å². The second-order valence-electron chi connectivity index (χ2n) is 5.70. The molecule has 0 aliphatic carbocycles. The van der Waals surface area contributed by atoms with E-state index < -0.39 is 0 Å². The van der Waals surface area contributed by atoms with Crippen LogP contribution >= 0.6 is 11.3 Å². The summed E-state index contributed by atoms with van der Waals surface area (Å²) in [7, 11) is 0. The molecule has 1 aromatic carbocycles. The van der Waals surface area contributed by atoms with E-state index in [1.807, 2.05) is 41.8 Å². The zero-order valence-electron chi connectivity index (χ0n) is 12.5. The number of anilines is 1. The van der Waals surface area contributed by atoms with Crippen molar-refractivity contribution in [1.82, 2.24) is 9.97 Å². The predicted octanol–water partition coefficient (Wildman–Crippen LogP) is 2.67. The van der Waals surface area contributed by atoms with Gasteiger partial charge in [0.25, 0.3) is 0 Å². The zero-order chi connectivity index (χ0) is 15.8. The van der Waals surface area contributed by atoms with Gasteiger partial charge in [0.05, 0.1) is 16.3 Å². The van der Waals surface area contributed by atoms with Crippen LogP contribution in [0.15, 0.2) is 41.8 Å². The van der Waals surface area contributed by atoms with Gasteiger partial charge < -0.3 is 10.6 Å². The average molecular weight is 324 g/mol. The van der Waals surface area contributed by atoms with Crippen LogP contribution in [0.2, 0.25) is 0 Å². The summed E-state index contributed by atoms with van der Waals surface area (Å²) in [6, 6.07) is 12.0. The van der Waals surface area contributed by atoms with Crippen molar-refractivity contribution in [2.45, 2.75) is 6.42 Å². The van der Waals surface area contributed by atoms with Crippen molar-refractivity contribution in [3.63, 3.8) is 0 Å². The van der Waals surface area contributed by atoms with Crippen LogP contribution in [0.1, 0.15) is 6.42 Å². The van der Waals surface area contributed by atoms with Crippen LogP contribution < -0.4 is 10.6 Å². The van der Waals surface area contributed by atoms with Gasteiger partial charge in [-0.2, -0.15) is 0 Å². The van der Waals surface area contributed by atoms with Crippen molar-refractivity contribution in [2.24, 2.45) is 11.7 Å². The van der Waals surface area contributed by atoms with Gasteiger partial charge in [-0.3, -0.25) is 4.79 Å². The number of hydrogen-bond donors (Lipinski definition) is 1. The van der Waals surface area contributed by atoms with E-state index in [1.54, 1.807) is 11.3 Å². The third kappa shape index (κ3) is 2.55. The summed E-state index contributed by atoms with van der Waals surface area (Å²) >= 11 is 1.62. The molecule has 0 spiro atoms. The smallest absolute Gasteiger partial charge is 0.222 e. The molecule has 6 heteroatoms. The van der Waals surface area contributed by atoms with Crippen LogP contribution in [0.25, 0.3) is 21.6 Å². The van der Waals surface area contributed by atoms with Crippen molar-refractivity contribution < 1.29 is 4.79 Å². The first-order valence-corrected chi connectivity index (χ1v) is 8.45. The number of hydrogen-bond acceptors (Lipinski definition) is 5. The fraction of sp³-hybridized carbons (Fsp3) is 0.235. The van der Waals surface area contributed by atoms with Gasteiger partial charge in [0.2, 0.25) is 5.91 Å². The number of nitrogens with zero attached hydrogens (tertiary/aromatic N) is 3. The van der Waals surface area contributed by atoms with Crippen molar-refractivity contribution >= 4 is 34.0 Å². The maximum Gasteiger partial charge on any atom is 0.222 e. The summed E-state index contributed by atoms with van der Waals surface area (Å²) in [4.78, 5) is 24.1. The Morgan fingerprint density at radius 2 is 2.09 bits per heavy atom. The second kappa shape index (κ2) is 5.62. The Labute approximate surface area is 137 Å². The number of carbonyl (C=O) groups excluding carboxylic acids is 1. The van der Waals surface area contributed by atoms with Gasteiger partial charge in [-0.1, -0.05) is 18.2 Å². The molecule has 0 radical (unpaired) electrons. The lowest BCUT2D eigenvalue weighted by molar-refractivity contribution is -0.121. The molecule has 23 heavy (non-hydrogen) atoms. The Bertz CT molecular complexity index is 862. The molecule has 116 valence electrons. The third-order valence-electron chi connectivity index (χ3n) is 4.21. The number of primary amides is 1. The molecule has 1 atom stereocenters. The lowest BCUT2D eigenvalue weighted by Gasteiger charge is -2.19. The van der Waals surface area contributed by atoms with Gasteiger partial charge in [0, 0.05) is 18.5 Å². The number of aromatic nitrogens is 2. The molecule has 3 aromatic rings. The number of carbonyl (C=O) groups is 1. The van der Waals surface area contributed by atoms with Gasteiger partial charge in [-0.15, -0.1) is 11.3 Å². The van der Waals surface area contributed by atoms with Crippen LogP contribution in [-0.4, -0.2) is 29.0 Å². The summed E-state index contributed by atoms with van der Waals surface area (Å²) in [5.74, 6) is 1.29. The SMILES string of the molecule is NC(=O)[C@H]1CCN(c2nc(-c3cccs3)nc3ccccc23)C1. The van der Waals surface area contributed by atoms with Gasteiger partial charge in [-0.25, -0.2) is 9.97 Å². The molecule has 3 heterocycles. The first-order valence-electron chi connectivity index (χ1n) is 7.57. The Morgan fingerprint density at radius 1 is 1.22 bits per heavy atom. The van der Waals surface area contributed by atoms with Crippen molar-refractivity contribution in [2.75, 3.05) is 18.0 Å². The summed E-state index contributed by atoms with van der Waals surface area (Å²) in [6.45, 7) is 1.42. The van der Waals surface area contributed by atoms with Crippen molar-refractivity contribution in [1.29, 1.82) is 0 Å². The molecule has 4 rings (SSSR count). The number of nitrogens with two attached hydrogens (primary N) is 1. The normalized spacial score (nSPS) is 17.7. The summed E-state index contributed by atoms with van der Waals surface area (Å²) in [6.07, 6.45) is 0.780. The number of benzene rings is 1. The number of amides is 1. The Morgan fingerprint density at radius 3 is 2.83 bits per heavy atom. The highest BCUT2D eigenvalue weighted by Crippen LogP contribution is 2.32. The molecule has 5 nitrogen and oxygen atoms in total.